The van der Waals surface area contributed by atoms with E-state index < -0.39 is 9.28 Å². The van der Waals surface area contributed by atoms with Gasteiger partial charge in [0, 0.05) is 13.2 Å². The fourth-order valence-corrected chi connectivity index (χ4v) is 2.90. The van der Waals surface area contributed by atoms with Crippen LogP contribution in [-0.4, -0.2) is 22.5 Å². The van der Waals surface area contributed by atoms with Crippen LogP contribution in [0.25, 0.3) is 0 Å². The molecule has 2 nitrogen and oxygen atoms in total. The standard InChI is InChI=1S/C12H19O2Si/c1-5-11(3)14-15(13-4)12-9-7-6-8-10(12)2/h6-9,11H,5H2,1-4H3. The largest absolute Gasteiger partial charge is 0.423 e. The van der Waals surface area contributed by atoms with Gasteiger partial charge in [-0.1, -0.05) is 31.2 Å². The molecule has 0 bridgehead atoms. The highest BCUT2D eigenvalue weighted by Gasteiger charge is 2.21. The zero-order valence-corrected chi connectivity index (χ0v) is 10.9. The fraction of sp³-hybridized carbons (Fsp3) is 0.500. The summed E-state index contributed by atoms with van der Waals surface area (Å²) in [5, 5.41) is 1.21. The molecular weight excluding hydrogens is 204 g/mol. The van der Waals surface area contributed by atoms with Crippen molar-refractivity contribution in [3.05, 3.63) is 29.8 Å². The molecule has 3 heteroatoms. The molecule has 0 spiro atoms. The maximum Gasteiger partial charge on any atom is 0.423 e. The fourth-order valence-electron chi connectivity index (χ4n) is 1.29. The van der Waals surface area contributed by atoms with E-state index in [1.54, 1.807) is 7.11 Å². The van der Waals surface area contributed by atoms with Crippen molar-refractivity contribution in [1.82, 2.24) is 0 Å². The average Bonchev–Trinajstić information content (AvgIpc) is 2.26. The van der Waals surface area contributed by atoms with Crippen molar-refractivity contribution >= 4 is 14.5 Å². The van der Waals surface area contributed by atoms with Gasteiger partial charge in [-0.2, -0.15) is 0 Å². The van der Waals surface area contributed by atoms with Crippen molar-refractivity contribution in [3.8, 4) is 0 Å². The molecule has 15 heavy (non-hydrogen) atoms. The number of hydrogen-bond acceptors (Lipinski definition) is 2. The molecule has 1 atom stereocenters. The number of hydrogen-bond donors (Lipinski definition) is 0. The van der Waals surface area contributed by atoms with Crippen LogP contribution in [0.4, 0.5) is 0 Å². The smallest absolute Gasteiger partial charge is 0.393 e. The Morgan fingerprint density at radius 2 is 2.00 bits per heavy atom. The monoisotopic (exact) mass is 223 g/mol. The first-order valence-electron chi connectivity index (χ1n) is 5.32. The van der Waals surface area contributed by atoms with Crippen LogP contribution in [0.3, 0.4) is 0 Å². The Morgan fingerprint density at radius 1 is 1.33 bits per heavy atom. The molecule has 0 fully saturated rings. The quantitative estimate of drug-likeness (QED) is 0.712. The Labute approximate surface area is 94.1 Å². The van der Waals surface area contributed by atoms with Crippen molar-refractivity contribution in [2.24, 2.45) is 0 Å². The van der Waals surface area contributed by atoms with Crippen molar-refractivity contribution in [1.29, 1.82) is 0 Å². The molecule has 1 unspecified atom stereocenters. The van der Waals surface area contributed by atoms with Crippen molar-refractivity contribution < 1.29 is 8.85 Å². The second kappa shape index (κ2) is 6.05. The first-order chi connectivity index (χ1) is 7.19. The maximum absolute atomic E-state index is 5.90. The molecule has 0 amide bonds. The molecular formula is C12H19O2Si. The first-order valence-corrected chi connectivity index (χ1v) is 6.64. The Kier molecular flexibility index (Phi) is 5.01. The van der Waals surface area contributed by atoms with E-state index in [1.165, 1.54) is 10.8 Å². The van der Waals surface area contributed by atoms with Crippen molar-refractivity contribution in [3.63, 3.8) is 0 Å². The van der Waals surface area contributed by atoms with E-state index in [2.05, 4.69) is 32.9 Å². The minimum Gasteiger partial charge on any atom is -0.393 e. The summed E-state index contributed by atoms with van der Waals surface area (Å²) in [7, 11) is 0.422. The third-order valence-corrected chi connectivity index (χ3v) is 4.42. The molecule has 1 aromatic carbocycles. The lowest BCUT2D eigenvalue weighted by Gasteiger charge is -2.18. The summed E-state index contributed by atoms with van der Waals surface area (Å²) in [5.41, 5.74) is 1.25. The van der Waals surface area contributed by atoms with Crippen LogP contribution in [0.2, 0.25) is 0 Å². The van der Waals surface area contributed by atoms with E-state index in [0.717, 1.165) is 6.42 Å². The van der Waals surface area contributed by atoms with Crippen LogP contribution in [0.5, 0.6) is 0 Å². The van der Waals surface area contributed by atoms with E-state index in [1.807, 2.05) is 12.1 Å². The highest BCUT2D eigenvalue weighted by Crippen LogP contribution is 2.03. The first kappa shape index (κ1) is 12.4. The average molecular weight is 223 g/mol. The molecule has 0 saturated heterocycles. The van der Waals surface area contributed by atoms with Gasteiger partial charge in [-0.25, -0.2) is 0 Å². The molecule has 1 aromatic rings. The highest BCUT2D eigenvalue weighted by molar-refractivity contribution is 6.61. The Hall–Kier alpha value is -0.643. The lowest BCUT2D eigenvalue weighted by molar-refractivity contribution is 0.170. The zero-order chi connectivity index (χ0) is 11.3. The maximum atomic E-state index is 5.90. The van der Waals surface area contributed by atoms with Gasteiger partial charge in [0.15, 0.2) is 0 Å². The molecule has 0 aliphatic carbocycles. The van der Waals surface area contributed by atoms with Gasteiger partial charge in [-0.15, -0.1) is 0 Å². The summed E-state index contributed by atoms with van der Waals surface area (Å²) in [6, 6.07) is 8.26. The predicted octanol–water partition coefficient (Wildman–Crippen LogP) is 2.15. The van der Waals surface area contributed by atoms with Gasteiger partial charge in [-0.3, -0.25) is 0 Å². The lowest BCUT2D eigenvalue weighted by atomic mass is 10.2. The summed E-state index contributed by atoms with van der Waals surface area (Å²) in [6.07, 6.45) is 1.28. The van der Waals surface area contributed by atoms with Gasteiger partial charge in [0.1, 0.15) is 0 Å². The minimum atomic E-state index is -1.30. The Balaban J connectivity index is 2.78. The van der Waals surface area contributed by atoms with Gasteiger partial charge < -0.3 is 8.85 Å². The molecule has 1 rings (SSSR count). The Morgan fingerprint density at radius 3 is 2.53 bits per heavy atom. The van der Waals surface area contributed by atoms with Crippen LogP contribution in [0.15, 0.2) is 24.3 Å². The molecule has 0 aromatic heterocycles. The van der Waals surface area contributed by atoms with Gasteiger partial charge in [0.2, 0.25) is 0 Å². The summed E-state index contributed by atoms with van der Waals surface area (Å²) in [5.74, 6) is 0. The van der Waals surface area contributed by atoms with Crippen LogP contribution < -0.4 is 5.19 Å². The van der Waals surface area contributed by atoms with E-state index in [4.69, 9.17) is 8.85 Å². The van der Waals surface area contributed by atoms with Crippen molar-refractivity contribution in [2.75, 3.05) is 7.11 Å². The van der Waals surface area contributed by atoms with Crippen LogP contribution in [0, 0.1) is 6.92 Å². The molecule has 0 heterocycles. The number of aryl methyl sites for hydroxylation is 1. The Bertz CT molecular complexity index is 301. The van der Waals surface area contributed by atoms with Gasteiger partial charge in [0.05, 0.1) is 0 Å². The summed E-state index contributed by atoms with van der Waals surface area (Å²) in [4.78, 5) is 0. The molecule has 0 saturated carbocycles. The van der Waals surface area contributed by atoms with E-state index in [0.29, 0.717) is 0 Å². The second-order valence-electron chi connectivity index (χ2n) is 3.64. The van der Waals surface area contributed by atoms with Crippen molar-refractivity contribution in [2.45, 2.75) is 33.3 Å². The molecule has 0 N–H and O–H groups in total. The molecule has 83 valence electrons. The second-order valence-corrected chi connectivity index (χ2v) is 5.40. The molecule has 0 aliphatic rings. The predicted molar refractivity (Wildman–Crippen MR) is 64.4 cm³/mol. The number of rotatable bonds is 5. The van der Waals surface area contributed by atoms with Gasteiger partial charge >= 0.3 is 9.28 Å². The summed E-state index contributed by atoms with van der Waals surface area (Å²) in [6.45, 7) is 6.30. The highest BCUT2D eigenvalue weighted by atomic mass is 28.3. The molecule has 0 aliphatic heterocycles. The SMILES string of the molecule is CCC(C)O[Si](OC)c1ccccc1C. The van der Waals surface area contributed by atoms with E-state index in [-0.39, 0.29) is 6.10 Å². The third kappa shape index (κ3) is 3.45. The molecule has 1 radical (unpaired) electrons. The summed E-state index contributed by atoms with van der Waals surface area (Å²) >= 11 is 0. The van der Waals surface area contributed by atoms with Crippen LogP contribution >= 0.6 is 0 Å². The lowest BCUT2D eigenvalue weighted by Crippen LogP contribution is -2.39. The van der Waals surface area contributed by atoms with Crippen LogP contribution in [0.1, 0.15) is 25.8 Å². The zero-order valence-electron chi connectivity index (χ0n) is 9.91. The van der Waals surface area contributed by atoms with Crippen LogP contribution in [-0.2, 0) is 8.85 Å². The van der Waals surface area contributed by atoms with Gasteiger partial charge in [0.25, 0.3) is 0 Å². The third-order valence-electron chi connectivity index (χ3n) is 2.43. The topological polar surface area (TPSA) is 18.5 Å². The minimum absolute atomic E-state index is 0.262. The normalized spacial score (nSPS) is 13.1. The van der Waals surface area contributed by atoms with E-state index in [9.17, 15) is 0 Å². The van der Waals surface area contributed by atoms with Gasteiger partial charge in [-0.05, 0) is 31.0 Å². The summed E-state index contributed by atoms with van der Waals surface area (Å²) < 4.78 is 11.4. The van der Waals surface area contributed by atoms with E-state index >= 15 is 0 Å². The number of benzene rings is 1.